The van der Waals surface area contributed by atoms with Crippen LogP contribution in [-0.2, 0) is 4.79 Å². The van der Waals surface area contributed by atoms with Crippen LogP contribution < -0.4 is 15.1 Å². The van der Waals surface area contributed by atoms with Gasteiger partial charge in [-0.1, -0.05) is 26.0 Å². The van der Waals surface area contributed by atoms with Crippen LogP contribution in [0, 0.1) is 13.8 Å². The van der Waals surface area contributed by atoms with Gasteiger partial charge in [0.2, 0.25) is 17.8 Å². The van der Waals surface area contributed by atoms with Gasteiger partial charge in [-0.2, -0.15) is 15.0 Å². The minimum absolute atomic E-state index is 0.0225. The summed E-state index contributed by atoms with van der Waals surface area (Å²) in [6.45, 7) is 11.8. The normalized spacial score (nSPS) is 14.8. The summed E-state index contributed by atoms with van der Waals surface area (Å²) in [5.41, 5.74) is 3.18. The summed E-state index contributed by atoms with van der Waals surface area (Å²) in [6, 6.07) is 5.98. The number of nitrogens with one attached hydrogen (secondary N) is 1. The van der Waals surface area contributed by atoms with E-state index in [1.165, 1.54) is 5.56 Å². The molecule has 1 saturated heterocycles. The van der Waals surface area contributed by atoms with E-state index in [9.17, 15) is 4.79 Å². The van der Waals surface area contributed by atoms with Gasteiger partial charge in [0.15, 0.2) is 0 Å². The van der Waals surface area contributed by atoms with Gasteiger partial charge in [0.1, 0.15) is 5.82 Å². The number of aromatic nitrogens is 3. The predicted octanol–water partition coefficient (Wildman–Crippen LogP) is 2.44. The Morgan fingerprint density at radius 1 is 1.10 bits per heavy atom. The van der Waals surface area contributed by atoms with Crippen molar-refractivity contribution in [2.75, 3.05) is 61.9 Å². The zero-order chi connectivity index (χ0) is 21.8. The predicted molar refractivity (Wildman–Crippen MR) is 121 cm³/mol. The average molecular weight is 412 g/mol. The summed E-state index contributed by atoms with van der Waals surface area (Å²) >= 11 is 0. The molecule has 8 heteroatoms. The fourth-order valence-electron chi connectivity index (χ4n) is 3.35. The molecule has 2 aromatic rings. The van der Waals surface area contributed by atoms with E-state index in [1.807, 2.05) is 38.1 Å². The van der Waals surface area contributed by atoms with E-state index >= 15 is 0 Å². The monoisotopic (exact) mass is 411 g/mol. The van der Waals surface area contributed by atoms with Crippen molar-refractivity contribution in [3.63, 3.8) is 0 Å². The van der Waals surface area contributed by atoms with Crippen molar-refractivity contribution < 1.29 is 4.79 Å². The van der Waals surface area contributed by atoms with Crippen molar-refractivity contribution in [3.05, 3.63) is 35.2 Å². The van der Waals surface area contributed by atoms with Gasteiger partial charge in [0.05, 0.1) is 6.54 Å². The molecule has 0 bridgehead atoms. The van der Waals surface area contributed by atoms with Crippen molar-refractivity contribution in [3.8, 4) is 0 Å². The van der Waals surface area contributed by atoms with E-state index in [0.717, 1.165) is 49.2 Å². The van der Waals surface area contributed by atoms with E-state index in [-0.39, 0.29) is 11.8 Å². The fraction of sp³-hybridized carbons (Fsp3) is 0.545. The van der Waals surface area contributed by atoms with Gasteiger partial charge in [0.25, 0.3) is 0 Å². The summed E-state index contributed by atoms with van der Waals surface area (Å²) in [4.78, 5) is 32.6. The lowest BCUT2D eigenvalue weighted by Crippen LogP contribution is -2.49. The van der Waals surface area contributed by atoms with Crippen LogP contribution in [0.3, 0.4) is 0 Å². The highest BCUT2D eigenvalue weighted by molar-refractivity contribution is 5.93. The highest BCUT2D eigenvalue weighted by atomic mass is 16.2. The highest BCUT2D eigenvalue weighted by Crippen LogP contribution is 2.20. The third-order valence-corrected chi connectivity index (χ3v) is 5.45. The van der Waals surface area contributed by atoms with Crippen molar-refractivity contribution in [2.24, 2.45) is 0 Å². The minimum atomic E-state index is 0.0225. The topological polar surface area (TPSA) is 77.5 Å². The number of hydrogen-bond donors (Lipinski definition) is 1. The maximum Gasteiger partial charge on any atom is 0.238 e. The molecule has 2 heterocycles. The first-order valence-electron chi connectivity index (χ1n) is 10.5. The number of hydrogen-bond acceptors (Lipinski definition) is 7. The fourth-order valence-corrected chi connectivity index (χ4v) is 3.35. The molecule has 0 aliphatic carbocycles. The number of nitrogens with zero attached hydrogens (tertiary/aromatic N) is 6. The number of piperazine rings is 1. The van der Waals surface area contributed by atoms with Crippen LogP contribution in [0.2, 0.25) is 0 Å². The minimum Gasteiger partial charge on any atom is -0.347 e. The molecule has 1 aliphatic heterocycles. The van der Waals surface area contributed by atoms with Crippen molar-refractivity contribution in [2.45, 2.75) is 33.6 Å². The summed E-state index contributed by atoms with van der Waals surface area (Å²) in [7, 11) is 3.88. The van der Waals surface area contributed by atoms with Crippen LogP contribution in [0.15, 0.2) is 18.2 Å². The third kappa shape index (κ3) is 5.24. The smallest absolute Gasteiger partial charge is 0.238 e. The van der Waals surface area contributed by atoms with Crippen molar-refractivity contribution in [1.29, 1.82) is 0 Å². The summed E-state index contributed by atoms with van der Waals surface area (Å²) in [5, 5.41) is 3.05. The Hall–Kier alpha value is -2.74. The van der Waals surface area contributed by atoms with Gasteiger partial charge in [0, 0.05) is 51.9 Å². The molecule has 1 amide bonds. The van der Waals surface area contributed by atoms with Crippen LogP contribution in [-0.4, -0.2) is 72.6 Å². The lowest BCUT2D eigenvalue weighted by atomic mass is 10.1. The standard InChI is InChI=1S/C22H33N7O/c1-15(2)20-24-21(27(5)6)26-22(25-20)29-12-10-28(11-13-29)14-19(30)23-18-9-7-8-16(3)17(18)4/h7-9,15H,10-14H2,1-6H3,(H,23,30). The second-order valence-corrected chi connectivity index (χ2v) is 8.40. The van der Waals surface area contributed by atoms with Crippen LogP contribution in [0.4, 0.5) is 17.6 Å². The number of carbonyl (C=O) groups is 1. The van der Waals surface area contributed by atoms with Crippen molar-refractivity contribution in [1.82, 2.24) is 19.9 Å². The first-order chi connectivity index (χ1) is 14.2. The Balaban J connectivity index is 1.59. The summed E-state index contributed by atoms with van der Waals surface area (Å²) in [6.07, 6.45) is 0. The largest absolute Gasteiger partial charge is 0.347 e. The zero-order valence-corrected chi connectivity index (χ0v) is 18.9. The molecular formula is C22H33N7O. The van der Waals surface area contributed by atoms with Gasteiger partial charge < -0.3 is 15.1 Å². The Morgan fingerprint density at radius 2 is 1.80 bits per heavy atom. The second kappa shape index (κ2) is 9.38. The Morgan fingerprint density at radius 3 is 2.43 bits per heavy atom. The number of amides is 1. The second-order valence-electron chi connectivity index (χ2n) is 8.40. The third-order valence-electron chi connectivity index (χ3n) is 5.45. The molecular weight excluding hydrogens is 378 g/mol. The van der Waals surface area contributed by atoms with Gasteiger partial charge in [-0.15, -0.1) is 0 Å². The maximum atomic E-state index is 12.5. The molecule has 1 fully saturated rings. The average Bonchev–Trinajstić information content (AvgIpc) is 2.71. The first kappa shape index (κ1) is 22.0. The number of anilines is 3. The van der Waals surface area contributed by atoms with E-state index < -0.39 is 0 Å². The Kier molecular flexibility index (Phi) is 6.87. The molecule has 0 unspecified atom stereocenters. The first-order valence-corrected chi connectivity index (χ1v) is 10.5. The molecule has 1 N–H and O–H groups in total. The van der Waals surface area contributed by atoms with Crippen LogP contribution in [0.25, 0.3) is 0 Å². The van der Waals surface area contributed by atoms with Gasteiger partial charge in [-0.05, 0) is 31.0 Å². The van der Waals surface area contributed by atoms with E-state index in [1.54, 1.807) is 0 Å². The lowest BCUT2D eigenvalue weighted by Gasteiger charge is -2.34. The molecule has 3 rings (SSSR count). The van der Waals surface area contributed by atoms with Crippen molar-refractivity contribution >= 4 is 23.5 Å². The van der Waals surface area contributed by atoms with Gasteiger partial charge in [-0.3, -0.25) is 9.69 Å². The molecule has 30 heavy (non-hydrogen) atoms. The molecule has 162 valence electrons. The van der Waals surface area contributed by atoms with E-state index in [2.05, 4.69) is 56.9 Å². The number of benzene rings is 1. The van der Waals surface area contributed by atoms with Gasteiger partial charge >= 0.3 is 0 Å². The molecule has 1 aliphatic rings. The van der Waals surface area contributed by atoms with E-state index in [4.69, 9.17) is 0 Å². The van der Waals surface area contributed by atoms with Gasteiger partial charge in [-0.25, -0.2) is 0 Å². The molecule has 0 saturated carbocycles. The Bertz CT molecular complexity index is 863. The van der Waals surface area contributed by atoms with Crippen LogP contribution >= 0.6 is 0 Å². The number of aryl methyl sites for hydroxylation is 1. The lowest BCUT2D eigenvalue weighted by molar-refractivity contribution is -0.117. The Labute approximate surface area is 179 Å². The quantitative estimate of drug-likeness (QED) is 0.782. The highest BCUT2D eigenvalue weighted by Gasteiger charge is 2.23. The number of rotatable bonds is 6. The van der Waals surface area contributed by atoms with Crippen LogP contribution in [0.5, 0.6) is 0 Å². The maximum absolute atomic E-state index is 12.5. The molecule has 0 spiro atoms. The zero-order valence-electron chi connectivity index (χ0n) is 18.9. The van der Waals surface area contributed by atoms with Crippen LogP contribution in [0.1, 0.15) is 36.7 Å². The number of carbonyl (C=O) groups excluding carboxylic acids is 1. The molecule has 0 radical (unpaired) electrons. The molecule has 8 nitrogen and oxygen atoms in total. The SMILES string of the molecule is Cc1cccc(NC(=O)CN2CCN(c3nc(C(C)C)nc(N(C)C)n3)CC2)c1C. The molecule has 0 atom stereocenters. The molecule has 1 aromatic heterocycles. The van der Waals surface area contributed by atoms with E-state index in [0.29, 0.717) is 12.5 Å². The summed E-state index contributed by atoms with van der Waals surface area (Å²) < 4.78 is 0. The summed E-state index contributed by atoms with van der Waals surface area (Å²) in [5.74, 6) is 2.46. The molecule has 1 aromatic carbocycles.